The van der Waals surface area contributed by atoms with E-state index in [1.165, 1.54) is 18.1 Å². The zero-order chi connectivity index (χ0) is 28.1. The number of aromatic nitrogens is 2. The number of imidazole rings is 1. The van der Waals surface area contributed by atoms with E-state index in [0.717, 1.165) is 35.8 Å². The van der Waals surface area contributed by atoms with Crippen LogP contribution >= 0.6 is 0 Å². The van der Waals surface area contributed by atoms with Gasteiger partial charge in [-0.2, -0.15) is 13.2 Å². The fourth-order valence-corrected chi connectivity index (χ4v) is 5.83. The topological polar surface area (TPSA) is 39.5 Å². The van der Waals surface area contributed by atoms with Gasteiger partial charge in [-0.15, -0.1) is 0 Å². The minimum Gasteiger partial charge on any atom is -0.497 e. The van der Waals surface area contributed by atoms with Crippen LogP contribution in [0.3, 0.4) is 0 Å². The lowest BCUT2D eigenvalue weighted by Crippen LogP contribution is -2.44. The zero-order valence-electron chi connectivity index (χ0n) is 23.5. The highest BCUT2D eigenvalue weighted by Gasteiger charge is 2.49. The Bertz CT molecular complexity index is 1280. The molecule has 2 heterocycles. The van der Waals surface area contributed by atoms with E-state index in [1.807, 2.05) is 58.1 Å². The minimum absolute atomic E-state index is 0.0567. The highest BCUT2D eigenvalue weighted by Crippen LogP contribution is 2.45. The number of methoxy groups -OCH3 is 1. The molecule has 206 valence electrons. The van der Waals surface area contributed by atoms with Crippen molar-refractivity contribution < 1.29 is 22.3 Å². The van der Waals surface area contributed by atoms with Crippen molar-refractivity contribution >= 4 is 14.0 Å². The van der Waals surface area contributed by atoms with Crippen molar-refractivity contribution in [3.63, 3.8) is 0 Å². The molecule has 2 aromatic carbocycles. The molecule has 0 aliphatic carbocycles. The molecule has 0 saturated heterocycles. The maximum absolute atomic E-state index is 14.1. The Morgan fingerprint density at radius 3 is 2.29 bits per heavy atom. The third-order valence-corrected chi connectivity index (χ3v) is 12.3. The van der Waals surface area contributed by atoms with E-state index in [-0.39, 0.29) is 16.1 Å². The first-order valence-electron chi connectivity index (χ1n) is 12.8. The monoisotopic (exact) mass is 545 g/mol. The SMILES string of the molecule is COc1ccc(CN2CC(C)(C)c3ccc(-n4cnc(C(O[Si](C)(C)C(C)(C)C)C(F)(F)F)c4)cc32)cc1. The van der Waals surface area contributed by atoms with Gasteiger partial charge in [0.15, 0.2) is 14.4 Å². The Hall–Kier alpha value is -2.78. The Balaban J connectivity index is 1.65. The second-order valence-corrected chi connectivity index (χ2v) is 17.1. The summed E-state index contributed by atoms with van der Waals surface area (Å²) in [6, 6.07) is 14.1. The number of nitrogens with zero attached hydrogens (tertiary/aromatic N) is 3. The van der Waals surface area contributed by atoms with E-state index in [1.54, 1.807) is 11.7 Å². The van der Waals surface area contributed by atoms with Gasteiger partial charge in [-0.25, -0.2) is 4.98 Å². The van der Waals surface area contributed by atoms with Crippen LogP contribution in [0.1, 0.15) is 57.5 Å². The summed E-state index contributed by atoms with van der Waals surface area (Å²) in [4.78, 5) is 6.48. The summed E-state index contributed by atoms with van der Waals surface area (Å²) in [6.45, 7) is 15.4. The van der Waals surface area contributed by atoms with Gasteiger partial charge >= 0.3 is 6.18 Å². The quantitative estimate of drug-likeness (QED) is 0.284. The summed E-state index contributed by atoms with van der Waals surface area (Å²) in [5.41, 5.74) is 4.01. The first kappa shape index (κ1) is 28.2. The maximum Gasteiger partial charge on any atom is 0.419 e. The third kappa shape index (κ3) is 5.64. The lowest BCUT2D eigenvalue weighted by atomic mass is 9.87. The second-order valence-electron chi connectivity index (χ2n) is 12.3. The highest BCUT2D eigenvalue weighted by molar-refractivity contribution is 6.74. The van der Waals surface area contributed by atoms with E-state index in [9.17, 15) is 13.2 Å². The second kappa shape index (κ2) is 9.75. The number of hydrogen-bond donors (Lipinski definition) is 0. The Labute approximate surface area is 224 Å². The Kier molecular flexibility index (Phi) is 7.25. The Morgan fingerprint density at radius 2 is 1.71 bits per heavy atom. The number of hydrogen-bond acceptors (Lipinski definition) is 4. The number of benzene rings is 2. The van der Waals surface area contributed by atoms with E-state index < -0.39 is 20.6 Å². The van der Waals surface area contributed by atoms with Crippen molar-refractivity contribution in [3.05, 3.63) is 71.8 Å². The third-order valence-electron chi connectivity index (χ3n) is 7.86. The largest absolute Gasteiger partial charge is 0.497 e. The molecule has 1 aliphatic rings. The van der Waals surface area contributed by atoms with Gasteiger partial charge in [0.05, 0.1) is 19.1 Å². The van der Waals surface area contributed by atoms with Gasteiger partial charge in [-0.1, -0.05) is 52.8 Å². The molecule has 0 saturated carbocycles. The lowest BCUT2D eigenvalue weighted by molar-refractivity contribution is -0.202. The molecule has 9 heteroatoms. The van der Waals surface area contributed by atoms with E-state index in [0.29, 0.717) is 0 Å². The van der Waals surface area contributed by atoms with Gasteiger partial charge in [0.1, 0.15) is 5.75 Å². The van der Waals surface area contributed by atoms with Crippen LogP contribution in [0.15, 0.2) is 55.0 Å². The van der Waals surface area contributed by atoms with Gasteiger partial charge < -0.3 is 18.6 Å². The van der Waals surface area contributed by atoms with Crippen molar-refractivity contribution in [2.75, 3.05) is 18.6 Å². The van der Waals surface area contributed by atoms with Gasteiger partial charge in [-0.05, 0) is 53.5 Å². The smallest absolute Gasteiger partial charge is 0.419 e. The van der Waals surface area contributed by atoms with Crippen LogP contribution in [0.2, 0.25) is 18.1 Å². The predicted octanol–water partition coefficient (Wildman–Crippen LogP) is 7.80. The van der Waals surface area contributed by atoms with Crippen LogP contribution < -0.4 is 9.64 Å². The molecule has 5 nitrogen and oxygen atoms in total. The fourth-order valence-electron chi connectivity index (χ4n) is 4.64. The van der Waals surface area contributed by atoms with Crippen molar-refractivity contribution in [2.45, 2.75) is 77.0 Å². The zero-order valence-corrected chi connectivity index (χ0v) is 24.5. The molecule has 0 radical (unpaired) electrons. The molecule has 3 aromatic rings. The number of rotatable bonds is 7. The van der Waals surface area contributed by atoms with Crippen LogP contribution in [-0.4, -0.2) is 37.7 Å². The molecule has 0 spiro atoms. The molecule has 0 N–H and O–H groups in total. The van der Waals surface area contributed by atoms with Crippen LogP contribution in [-0.2, 0) is 16.4 Å². The van der Waals surface area contributed by atoms with Gasteiger partial charge in [0.2, 0.25) is 0 Å². The van der Waals surface area contributed by atoms with Crippen molar-refractivity contribution in [1.29, 1.82) is 0 Å². The number of ether oxygens (including phenoxy) is 1. The first-order chi connectivity index (χ1) is 17.5. The van der Waals surface area contributed by atoms with Crippen LogP contribution in [0.25, 0.3) is 5.69 Å². The number of anilines is 1. The average molecular weight is 546 g/mol. The van der Waals surface area contributed by atoms with Crippen molar-refractivity contribution in [2.24, 2.45) is 0 Å². The molecule has 0 fully saturated rings. The number of halogens is 3. The molecule has 1 aliphatic heterocycles. The molecule has 38 heavy (non-hydrogen) atoms. The molecule has 1 aromatic heterocycles. The van der Waals surface area contributed by atoms with Crippen LogP contribution in [0.5, 0.6) is 5.75 Å². The van der Waals surface area contributed by atoms with Crippen LogP contribution in [0.4, 0.5) is 18.9 Å². The molecule has 0 bridgehead atoms. The number of alkyl halides is 3. The molecule has 1 atom stereocenters. The number of fused-ring (bicyclic) bond motifs is 1. The average Bonchev–Trinajstić information content (AvgIpc) is 3.39. The summed E-state index contributed by atoms with van der Waals surface area (Å²) >= 11 is 0. The molecular formula is C29H38F3N3O2Si. The summed E-state index contributed by atoms with van der Waals surface area (Å²) in [5.74, 6) is 0.809. The summed E-state index contributed by atoms with van der Waals surface area (Å²) in [7, 11) is -1.05. The molecular weight excluding hydrogens is 507 g/mol. The Morgan fingerprint density at radius 1 is 1.05 bits per heavy atom. The summed E-state index contributed by atoms with van der Waals surface area (Å²) < 4.78 is 55.2. The molecule has 1 unspecified atom stereocenters. The normalized spacial score (nSPS) is 16.4. The predicted molar refractivity (Wildman–Crippen MR) is 148 cm³/mol. The van der Waals surface area contributed by atoms with E-state index in [2.05, 4.69) is 41.9 Å². The highest BCUT2D eigenvalue weighted by atomic mass is 28.4. The molecule has 0 amide bonds. The molecule has 4 rings (SSSR count). The van der Waals surface area contributed by atoms with Gasteiger partial charge in [0, 0.05) is 36.1 Å². The minimum atomic E-state index is -4.56. The maximum atomic E-state index is 14.1. The van der Waals surface area contributed by atoms with Crippen molar-refractivity contribution in [1.82, 2.24) is 9.55 Å². The fraction of sp³-hybridized carbons (Fsp3) is 0.483. The summed E-state index contributed by atoms with van der Waals surface area (Å²) in [5, 5.41) is -0.362. The lowest BCUT2D eigenvalue weighted by Gasteiger charge is -2.39. The van der Waals surface area contributed by atoms with E-state index in [4.69, 9.17) is 9.16 Å². The summed E-state index contributed by atoms with van der Waals surface area (Å²) in [6.07, 6.45) is -3.74. The van der Waals surface area contributed by atoms with Gasteiger partial charge in [-0.3, -0.25) is 0 Å². The van der Waals surface area contributed by atoms with Crippen molar-refractivity contribution in [3.8, 4) is 11.4 Å². The first-order valence-corrected chi connectivity index (χ1v) is 15.7. The van der Waals surface area contributed by atoms with E-state index >= 15 is 0 Å². The standard InChI is InChI=1S/C29H38F3N3O2Si/c1-27(2,3)38(7,8)37-26(29(30,31)32)24-17-35(19-33-24)21-11-14-23-25(15-21)34(18-28(23,4)5)16-20-9-12-22(36-6)13-10-20/h9-15,17,19,26H,16,18H2,1-8H3. The van der Waals surface area contributed by atoms with Crippen LogP contribution in [0, 0.1) is 0 Å². The van der Waals surface area contributed by atoms with Gasteiger partial charge in [0.25, 0.3) is 0 Å².